The van der Waals surface area contributed by atoms with Gasteiger partial charge in [0, 0.05) is 11.3 Å². The summed E-state index contributed by atoms with van der Waals surface area (Å²) >= 11 is 1.13. The average Bonchev–Trinajstić information content (AvgIpc) is 2.73. The number of rotatable bonds is 9. The molecule has 0 saturated carbocycles. The first kappa shape index (κ1) is 22.1. The number of carbonyl (C=O) groups excluding carboxylic acids is 3. The predicted octanol–water partition coefficient (Wildman–Crippen LogP) is 2.23. The van der Waals surface area contributed by atoms with E-state index in [1.807, 2.05) is 6.92 Å². The number of anilines is 1. The van der Waals surface area contributed by atoms with E-state index in [-0.39, 0.29) is 17.4 Å². The summed E-state index contributed by atoms with van der Waals surface area (Å²) in [4.78, 5) is 35.7. The van der Waals surface area contributed by atoms with Crippen molar-refractivity contribution in [3.05, 3.63) is 54.1 Å². The molecule has 0 aliphatic rings. The largest absolute Gasteiger partial charge is 0.497 e. The third-order valence-corrected chi connectivity index (χ3v) is 4.52. The fourth-order valence-corrected chi connectivity index (χ4v) is 2.83. The predicted molar refractivity (Wildman–Crippen MR) is 112 cm³/mol. The third kappa shape index (κ3) is 7.74. The molecule has 0 spiro atoms. The van der Waals surface area contributed by atoms with Gasteiger partial charge in [-0.1, -0.05) is 0 Å². The van der Waals surface area contributed by atoms with Crippen LogP contribution in [0.1, 0.15) is 17.3 Å². The fraction of sp³-hybridized carbons (Fsp3) is 0.250. The SMILES string of the molecule is CCOc1ccc(C(=O)NNC(=O)CSCC(=O)Nc2ccc(OC)cc2)cc1. The lowest BCUT2D eigenvalue weighted by molar-refractivity contribution is -0.119. The summed E-state index contributed by atoms with van der Waals surface area (Å²) in [6, 6.07) is 13.5. The van der Waals surface area contributed by atoms with Gasteiger partial charge in [0.2, 0.25) is 11.8 Å². The Bertz CT molecular complexity index is 825. The normalized spacial score (nSPS) is 10.0. The molecule has 0 heterocycles. The van der Waals surface area contributed by atoms with Gasteiger partial charge in [-0.15, -0.1) is 11.8 Å². The molecule has 0 fully saturated rings. The number of methoxy groups -OCH3 is 1. The Morgan fingerprint density at radius 1 is 0.862 bits per heavy atom. The highest BCUT2D eigenvalue weighted by atomic mass is 32.2. The van der Waals surface area contributed by atoms with Gasteiger partial charge in [-0.2, -0.15) is 0 Å². The van der Waals surface area contributed by atoms with Gasteiger partial charge in [0.25, 0.3) is 5.91 Å². The molecule has 0 bridgehead atoms. The van der Waals surface area contributed by atoms with E-state index in [0.29, 0.717) is 29.4 Å². The van der Waals surface area contributed by atoms with E-state index >= 15 is 0 Å². The first-order valence-corrected chi connectivity index (χ1v) is 10.0. The van der Waals surface area contributed by atoms with Crippen molar-refractivity contribution in [1.82, 2.24) is 10.9 Å². The van der Waals surface area contributed by atoms with E-state index in [1.165, 1.54) is 0 Å². The average molecular weight is 417 g/mol. The van der Waals surface area contributed by atoms with Crippen LogP contribution in [0.5, 0.6) is 11.5 Å². The molecule has 2 rings (SSSR count). The zero-order valence-corrected chi connectivity index (χ0v) is 17.0. The lowest BCUT2D eigenvalue weighted by Crippen LogP contribution is -2.42. The van der Waals surface area contributed by atoms with Crippen molar-refractivity contribution in [2.75, 3.05) is 30.5 Å². The molecule has 29 heavy (non-hydrogen) atoms. The smallest absolute Gasteiger partial charge is 0.269 e. The summed E-state index contributed by atoms with van der Waals surface area (Å²) in [5.74, 6) is 0.409. The molecule has 9 heteroatoms. The summed E-state index contributed by atoms with van der Waals surface area (Å²) in [6.45, 7) is 2.41. The molecule has 154 valence electrons. The molecule has 2 aromatic rings. The van der Waals surface area contributed by atoms with E-state index in [4.69, 9.17) is 9.47 Å². The van der Waals surface area contributed by atoms with Crippen molar-refractivity contribution in [1.29, 1.82) is 0 Å². The Balaban J connectivity index is 1.65. The molecule has 2 aromatic carbocycles. The molecule has 8 nitrogen and oxygen atoms in total. The topological polar surface area (TPSA) is 106 Å². The number of benzene rings is 2. The van der Waals surface area contributed by atoms with Gasteiger partial charge in [0.15, 0.2) is 0 Å². The van der Waals surface area contributed by atoms with Crippen LogP contribution in [0.25, 0.3) is 0 Å². The van der Waals surface area contributed by atoms with Gasteiger partial charge in [-0.05, 0) is 55.5 Å². The van der Waals surface area contributed by atoms with E-state index < -0.39 is 11.8 Å². The van der Waals surface area contributed by atoms with Crippen molar-refractivity contribution in [3.63, 3.8) is 0 Å². The first-order chi connectivity index (χ1) is 14.0. The number of amides is 3. The number of hydrazine groups is 1. The van der Waals surface area contributed by atoms with Crippen LogP contribution >= 0.6 is 11.8 Å². The van der Waals surface area contributed by atoms with Gasteiger partial charge >= 0.3 is 0 Å². The number of hydrogen-bond acceptors (Lipinski definition) is 6. The summed E-state index contributed by atoms with van der Waals surface area (Å²) in [6.07, 6.45) is 0. The maximum Gasteiger partial charge on any atom is 0.269 e. The molecule has 0 unspecified atom stereocenters. The van der Waals surface area contributed by atoms with Crippen molar-refractivity contribution in [2.45, 2.75) is 6.92 Å². The maximum absolute atomic E-state index is 12.0. The van der Waals surface area contributed by atoms with Crippen molar-refractivity contribution in [3.8, 4) is 11.5 Å². The standard InChI is InChI=1S/C20H23N3O5S/c1-3-28-17-8-4-14(5-9-17)20(26)23-22-19(25)13-29-12-18(24)21-15-6-10-16(27-2)11-7-15/h4-11H,3,12-13H2,1-2H3,(H,21,24)(H,22,25)(H,23,26). The van der Waals surface area contributed by atoms with Crippen LogP contribution in [-0.4, -0.2) is 42.9 Å². The van der Waals surface area contributed by atoms with Crippen LogP contribution in [0, 0.1) is 0 Å². The third-order valence-electron chi connectivity index (χ3n) is 3.58. The molecule has 3 amide bonds. The second kappa shape index (κ2) is 11.6. The minimum atomic E-state index is -0.441. The van der Waals surface area contributed by atoms with Gasteiger partial charge in [-0.3, -0.25) is 25.2 Å². The van der Waals surface area contributed by atoms with Gasteiger partial charge in [-0.25, -0.2) is 0 Å². The first-order valence-electron chi connectivity index (χ1n) is 8.85. The van der Waals surface area contributed by atoms with Gasteiger partial charge < -0.3 is 14.8 Å². The van der Waals surface area contributed by atoms with Gasteiger partial charge in [0.1, 0.15) is 11.5 Å². The Morgan fingerprint density at radius 3 is 2.10 bits per heavy atom. The minimum absolute atomic E-state index is 0.0274. The monoisotopic (exact) mass is 417 g/mol. The Morgan fingerprint density at radius 2 is 1.48 bits per heavy atom. The molecule has 0 saturated heterocycles. The van der Waals surface area contributed by atoms with E-state index in [0.717, 1.165) is 11.8 Å². The summed E-state index contributed by atoms with van der Waals surface area (Å²) in [7, 11) is 1.57. The minimum Gasteiger partial charge on any atom is -0.497 e. The van der Waals surface area contributed by atoms with Crippen molar-refractivity contribution >= 4 is 35.2 Å². The Hall–Kier alpha value is -3.20. The van der Waals surface area contributed by atoms with Crippen LogP contribution in [0.4, 0.5) is 5.69 Å². The molecule has 0 aliphatic carbocycles. The molecular formula is C20H23N3O5S. The number of hydrogen-bond donors (Lipinski definition) is 3. The molecular weight excluding hydrogens is 394 g/mol. The van der Waals surface area contributed by atoms with E-state index in [1.54, 1.807) is 55.6 Å². The van der Waals surface area contributed by atoms with Crippen molar-refractivity contribution in [2.24, 2.45) is 0 Å². The summed E-state index contributed by atoms with van der Waals surface area (Å²) in [5.41, 5.74) is 5.69. The van der Waals surface area contributed by atoms with Crippen LogP contribution in [0.2, 0.25) is 0 Å². The maximum atomic E-state index is 12.0. The highest BCUT2D eigenvalue weighted by Gasteiger charge is 2.09. The van der Waals surface area contributed by atoms with E-state index in [2.05, 4.69) is 16.2 Å². The number of thioether (sulfide) groups is 1. The second-order valence-electron chi connectivity index (χ2n) is 5.73. The number of ether oxygens (including phenoxy) is 2. The lowest BCUT2D eigenvalue weighted by atomic mass is 10.2. The fourth-order valence-electron chi connectivity index (χ4n) is 2.21. The van der Waals surface area contributed by atoms with Crippen LogP contribution in [0.15, 0.2) is 48.5 Å². The molecule has 0 atom stereocenters. The highest BCUT2D eigenvalue weighted by Crippen LogP contribution is 2.15. The zero-order chi connectivity index (χ0) is 21.1. The zero-order valence-electron chi connectivity index (χ0n) is 16.2. The lowest BCUT2D eigenvalue weighted by Gasteiger charge is -2.09. The van der Waals surface area contributed by atoms with Crippen LogP contribution in [0.3, 0.4) is 0 Å². The summed E-state index contributed by atoms with van der Waals surface area (Å²) in [5, 5.41) is 2.73. The number of nitrogens with one attached hydrogen (secondary N) is 3. The Labute approximate surface area is 173 Å². The van der Waals surface area contributed by atoms with Crippen LogP contribution in [-0.2, 0) is 9.59 Å². The molecule has 0 aromatic heterocycles. The summed E-state index contributed by atoms with van der Waals surface area (Å²) < 4.78 is 10.4. The quantitative estimate of drug-likeness (QED) is 0.541. The Kier molecular flexibility index (Phi) is 8.84. The molecule has 0 aliphatic heterocycles. The highest BCUT2D eigenvalue weighted by molar-refractivity contribution is 8.00. The molecule has 0 radical (unpaired) electrons. The van der Waals surface area contributed by atoms with E-state index in [9.17, 15) is 14.4 Å². The van der Waals surface area contributed by atoms with Crippen LogP contribution < -0.4 is 25.6 Å². The van der Waals surface area contributed by atoms with Gasteiger partial charge in [0.05, 0.1) is 25.2 Å². The second-order valence-corrected chi connectivity index (χ2v) is 6.71. The molecule has 3 N–H and O–H groups in total. The van der Waals surface area contributed by atoms with Crippen molar-refractivity contribution < 1.29 is 23.9 Å². The number of carbonyl (C=O) groups is 3.